The van der Waals surface area contributed by atoms with Crippen LogP contribution in [0.2, 0.25) is 0 Å². The van der Waals surface area contributed by atoms with E-state index in [0.29, 0.717) is 12.8 Å². The van der Waals surface area contributed by atoms with Crippen LogP contribution < -0.4 is 0 Å². The second-order valence-corrected chi connectivity index (χ2v) is 7.86. The largest absolute Gasteiger partial charge is 0.444 e. The molecule has 2 aliphatic rings. The van der Waals surface area contributed by atoms with Gasteiger partial charge in [0.15, 0.2) is 0 Å². The van der Waals surface area contributed by atoms with E-state index in [2.05, 4.69) is 6.92 Å². The molecule has 2 fully saturated rings. The highest BCUT2D eigenvalue weighted by Crippen LogP contribution is 2.43. The molecule has 2 aliphatic heterocycles. The van der Waals surface area contributed by atoms with Crippen LogP contribution in [0.25, 0.3) is 0 Å². The van der Waals surface area contributed by atoms with Crippen LogP contribution in [0.15, 0.2) is 0 Å². The zero-order valence-electron chi connectivity index (χ0n) is 14.0. The van der Waals surface area contributed by atoms with Gasteiger partial charge in [-0.05, 0) is 52.9 Å². The van der Waals surface area contributed by atoms with Crippen molar-refractivity contribution in [1.82, 2.24) is 4.90 Å². The number of piperidine rings is 1. The van der Waals surface area contributed by atoms with Gasteiger partial charge in [-0.15, -0.1) is 0 Å². The predicted molar refractivity (Wildman–Crippen MR) is 83.2 cm³/mol. The van der Waals surface area contributed by atoms with Gasteiger partial charge in [0.05, 0.1) is 5.60 Å². The maximum Gasteiger partial charge on any atom is 0.410 e. The van der Waals surface area contributed by atoms with E-state index in [1.807, 2.05) is 25.7 Å². The molecule has 2 atom stereocenters. The van der Waals surface area contributed by atoms with Crippen molar-refractivity contribution in [3.8, 4) is 0 Å². The Kier molecular flexibility index (Phi) is 4.86. The van der Waals surface area contributed by atoms with Gasteiger partial charge in [0.1, 0.15) is 5.60 Å². The van der Waals surface area contributed by atoms with Gasteiger partial charge in [-0.1, -0.05) is 26.2 Å². The van der Waals surface area contributed by atoms with Crippen molar-refractivity contribution in [1.29, 1.82) is 0 Å². The van der Waals surface area contributed by atoms with Gasteiger partial charge in [0.25, 0.3) is 0 Å². The van der Waals surface area contributed by atoms with E-state index in [9.17, 15) is 9.90 Å². The number of rotatable bonds is 4. The van der Waals surface area contributed by atoms with E-state index < -0.39 is 11.2 Å². The lowest BCUT2D eigenvalue weighted by Gasteiger charge is -2.44. The van der Waals surface area contributed by atoms with Crippen molar-refractivity contribution < 1.29 is 14.6 Å². The minimum Gasteiger partial charge on any atom is -0.444 e. The summed E-state index contributed by atoms with van der Waals surface area (Å²) in [5.41, 5.74) is -1.02. The topological polar surface area (TPSA) is 49.8 Å². The van der Waals surface area contributed by atoms with E-state index in [1.54, 1.807) is 0 Å². The number of fused-ring (bicyclic) bond motifs is 2. The van der Waals surface area contributed by atoms with Crippen molar-refractivity contribution in [3.63, 3.8) is 0 Å². The molecule has 0 aromatic heterocycles. The summed E-state index contributed by atoms with van der Waals surface area (Å²) in [6.45, 7) is 7.88. The molecule has 2 bridgehead atoms. The molecular formula is C17H31NO3. The van der Waals surface area contributed by atoms with Crippen molar-refractivity contribution >= 4 is 6.09 Å². The number of unbranched alkanes of at least 4 members (excludes halogenated alkanes) is 2. The fraction of sp³-hybridized carbons (Fsp3) is 0.941. The zero-order chi connectivity index (χ0) is 15.7. The maximum atomic E-state index is 12.4. The third kappa shape index (κ3) is 4.12. The van der Waals surface area contributed by atoms with Gasteiger partial charge in [-0.3, -0.25) is 0 Å². The number of amides is 1. The lowest BCUT2D eigenvalue weighted by Crippen LogP contribution is -2.54. The highest BCUT2D eigenvalue weighted by atomic mass is 16.6. The Hall–Kier alpha value is -0.770. The summed E-state index contributed by atoms with van der Waals surface area (Å²) in [6.07, 6.45) is 7.53. The van der Waals surface area contributed by atoms with E-state index in [1.165, 1.54) is 12.8 Å². The average molecular weight is 297 g/mol. The van der Waals surface area contributed by atoms with Crippen LogP contribution in [0.3, 0.4) is 0 Å². The molecule has 1 N–H and O–H groups in total. The molecule has 1 amide bonds. The van der Waals surface area contributed by atoms with Gasteiger partial charge < -0.3 is 14.7 Å². The molecule has 4 nitrogen and oxygen atoms in total. The summed E-state index contributed by atoms with van der Waals surface area (Å²) in [5.74, 6) is 0. The van der Waals surface area contributed by atoms with E-state index in [4.69, 9.17) is 4.74 Å². The summed E-state index contributed by atoms with van der Waals surface area (Å²) in [7, 11) is 0. The fourth-order valence-electron chi connectivity index (χ4n) is 3.84. The summed E-state index contributed by atoms with van der Waals surface area (Å²) in [6, 6.07) is 0.315. The van der Waals surface area contributed by atoms with Gasteiger partial charge in [0.2, 0.25) is 0 Å². The standard InChI is InChI=1S/C17H31NO3/c1-5-6-7-10-17(20)11-13-8-9-14(12-17)18(13)15(19)21-16(2,3)4/h13-14,20H,5-12H2,1-4H3. The summed E-state index contributed by atoms with van der Waals surface area (Å²) >= 11 is 0. The molecule has 0 aromatic rings. The van der Waals surface area contributed by atoms with Crippen LogP contribution in [-0.4, -0.2) is 39.4 Å². The maximum absolute atomic E-state index is 12.4. The van der Waals surface area contributed by atoms with Crippen molar-refractivity contribution in [3.05, 3.63) is 0 Å². The number of ether oxygens (including phenoxy) is 1. The van der Waals surface area contributed by atoms with Crippen LogP contribution in [0.5, 0.6) is 0 Å². The molecule has 4 heteroatoms. The smallest absolute Gasteiger partial charge is 0.410 e. The number of hydrogen-bond acceptors (Lipinski definition) is 3. The Morgan fingerprint density at radius 1 is 1.24 bits per heavy atom. The van der Waals surface area contributed by atoms with Crippen LogP contribution in [-0.2, 0) is 4.74 Å². The summed E-state index contributed by atoms with van der Waals surface area (Å²) in [5, 5.41) is 10.8. The summed E-state index contributed by atoms with van der Waals surface area (Å²) in [4.78, 5) is 14.3. The Labute approximate surface area is 128 Å². The number of nitrogens with zero attached hydrogens (tertiary/aromatic N) is 1. The van der Waals surface area contributed by atoms with E-state index in [0.717, 1.165) is 25.7 Å². The predicted octanol–water partition coefficient (Wildman–Crippen LogP) is 3.86. The average Bonchev–Trinajstić information content (AvgIpc) is 2.61. The van der Waals surface area contributed by atoms with Crippen molar-refractivity contribution in [2.75, 3.05) is 0 Å². The van der Waals surface area contributed by atoms with Gasteiger partial charge in [-0.2, -0.15) is 0 Å². The minimum absolute atomic E-state index is 0.158. The molecule has 0 radical (unpaired) electrons. The second kappa shape index (κ2) is 6.15. The second-order valence-electron chi connectivity index (χ2n) is 7.86. The quantitative estimate of drug-likeness (QED) is 0.802. The first-order chi connectivity index (χ1) is 9.74. The number of carbonyl (C=O) groups excluding carboxylic acids is 1. The van der Waals surface area contributed by atoms with Crippen LogP contribution in [0.1, 0.15) is 79.1 Å². The number of hydrogen-bond donors (Lipinski definition) is 1. The Morgan fingerprint density at radius 2 is 1.81 bits per heavy atom. The summed E-state index contributed by atoms with van der Waals surface area (Å²) < 4.78 is 5.53. The van der Waals surface area contributed by atoms with E-state index in [-0.39, 0.29) is 18.2 Å². The Balaban J connectivity index is 1.97. The third-order valence-corrected chi connectivity index (χ3v) is 4.70. The molecule has 0 aliphatic carbocycles. The normalized spacial score (nSPS) is 32.3. The Bertz CT molecular complexity index is 361. The molecule has 2 saturated heterocycles. The zero-order valence-corrected chi connectivity index (χ0v) is 14.0. The molecule has 21 heavy (non-hydrogen) atoms. The third-order valence-electron chi connectivity index (χ3n) is 4.70. The minimum atomic E-state index is -0.570. The monoisotopic (exact) mass is 297 g/mol. The molecule has 0 saturated carbocycles. The first kappa shape index (κ1) is 16.6. The van der Waals surface area contributed by atoms with Crippen molar-refractivity contribution in [2.24, 2.45) is 0 Å². The van der Waals surface area contributed by atoms with Crippen LogP contribution >= 0.6 is 0 Å². The number of carbonyl (C=O) groups is 1. The molecule has 2 rings (SSSR count). The van der Waals surface area contributed by atoms with Gasteiger partial charge in [-0.25, -0.2) is 4.79 Å². The van der Waals surface area contributed by atoms with Crippen LogP contribution in [0.4, 0.5) is 4.79 Å². The molecule has 0 spiro atoms. The van der Waals surface area contributed by atoms with Crippen LogP contribution in [0, 0.1) is 0 Å². The lowest BCUT2D eigenvalue weighted by molar-refractivity contribution is -0.0635. The molecule has 0 aromatic carbocycles. The first-order valence-electron chi connectivity index (χ1n) is 8.48. The Morgan fingerprint density at radius 3 is 2.29 bits per heavy atom. The van der Waals surface area contributed by atoms with Gasteiger partial charge >= 0.3 is 6.09 Å². The SMILES string of the molecule is CCCCCC1(O)CC2CCC(C1)N2C(=O)OC(C)(C)C. The van der Waals surface area contributed by atoms with Gasteiger partial charge in [0, 0.05) is 12.1 Å². The molecule has 2 heterocycles. The van der Waals surface area contributed by atoms with Crippen molar-refractivity contribution in [2.45, 2.75) is 102 Å². The first-order valence-corrected chi connectivity index (χ1v) is 8.48. The lowest BCUT2D eigenvalue weighted by atomic mass is 9.82. The molecule has 2 unspecified atom stereocenters. The molecular weight excluding hydrogens is 266 g/mol. The fourth-order valence-corrected chi connectivity index (χ4v) is 3.84. The highest BCUT2D eigenvalue weighted by molar-refractivity contribution is 5.69. The molecule has 122 valence electrons. The number of aliphatic hydroxyl groups is 1. The highest BCUT2D eigenvalue weighted by Gasteiger charge is 2.49. The van der Waals surface area contributed by atoms with E-state index >= 15 is 0 Å².